The summed E-state index contributed by atoms with van der Waals surface area (Å²) < 4.78 is 11.5. The van der Waals surface area contributed by atoms with Crippen molar-refractivity contribution in [2.75, 3.05) is 7.11 Å². The maximum Gasteiger partial charge on any atom is 0.134 e. The van der Waals surface area contributed by atoms with Crippen LogP contribution in [0.5, 0.6) is 5.75 Å². The third-order valence-corrected chi connectivity index (χ3v) is 4.25. The largest absolute Gasteiger partial charge is 0.497 e. The van der Waals surface area contributed by atoms with Crippen molar-refractivity contribution in [3.05, 3.63) is 90.2 Å². The highest BCUT2D eigenvalue weighted by Crippen LogP contribution is 2.36. The van der Waals surface area contributed by atoms with Crippen LogP contribution >= 0.6 is 0 Å². The van der Waals surface area contributed by atoms with Gasteiger partial charge in [-0.15, -0.1) is 0 Å². The van der Waals surface area contributed by atoms with E-state index in [0.29, 0.717) is 0 Å². The summed E-state index contributed by atoms with van der Waals surface area (Å²) in [4.78, 5) is 0. The van der Waals surface area contributed by atoms with Crippen LogP contribution in [0, 0.1) is 0 Å². The average molecular weight is 314 g/mol. The van der Waals surface area contributed by atoms with E-state index in [4.69, 9.17) is 9.15 Å². The van der Waals surface area contributed by atoms with Gasteiger partial charge in [-0.1, -0.05) is 60.7 Å². The van der Waals surface area contributed by atoms with E-state index in [9.17, 15) is 0 Å². The Labute approximate surface area is 141 Å². The number of para-hydroxylation sites is 1. The average Bonchev–Trinajstić information content (AvgIpc) is 3.00. The second-order valence-electron chi connectivity index (χ2n) is 5.79. The first-order valence-corrected chi connectivity index (χ1v) is 8.04. The number of furan rings is 1. The number of hydrogen-bond donors (Lipinski definition) is 0. The van der Waals surface area contributed by atoms with Gasteiger partial charge in [0.1, 0.15) is 17.1 Å². The quantitative estimate of drug-likeness (QED) is 0.482. The number of benzene rings is 3. The van der Waals surface area contributed by atoms with Gasteiger partial charge in [0.05, 0.1) is 7.11 Å². The molecule has 4 aromatic rings. The van der Waals surface area contributed by atoms with Crippen LogP contribution in [0.2, 0.25) is 0 Å². The van der Waals surface area contributed by atoms with Crippen LogP contribution in [0.4, 0.5) is 0 Å². The molecular weight excluding hydrogens is 296 g/mol. The summed E-state index contributed by atoms with van der Waals surface area (Å²) in [5, 5.41) is 1.15. The Kier molecular flexibility index (Phi) is 3.80. The predicted molar refractivity (Wildman–Crippen MR) is 97.5 cm³/mol. The molecule has 24 heavy (non-hydrogen) atoms. The fourth-order valence-corrected chi connectivity index (χ4v) is 3.08. The summed E-state index contributed by atoms with van der Waals surface area (Å²) in [7, 11) is 1.68. The van der Waals surface area contributed by atoms with E-state index >= 15 is 0 Å². The van der Waals surface area contributed by atoms with E-state index in [-0.39, 0.29) is 0 Å². The lowest BCUT2D eigenvalue weighted by atomic mass is 9.98. The van der Waals surface area contributed by atoms with E-state index in [2.05, 4.69) is 48.5 Å². The molecule has 0 atom stereocenters. The lowest BCUT2D eigenvalue weighted by molar-refractivity contribution is 0.415. The highest BCUT2D eigenvalue weighted by Gasteiger charge is 2.16. The molecule has 0 unspecified atom stereocenters. The Morgan fingerprint density at radius 3 is 2.25 bits per heavy atom. The maximum atomic E-state index is 6.18. The van der Waals surface area contributed by atoms with E-state index in [1.54, 1.807) is 7.11 Å². The maximum absolute atomic E-state index is 6.18. The zero-order valence-electron chi connectivity index (χ0n) is 13.5. The molecule has 0 saturated heterocycles. The van der Waals surface area contributed by atoms with Gasteiger partial charge < -0.3 is 9.15 Å². The molecule has 0 N–H and O–H groups in total. The van der Waals surface area contributed by atoms with Crippen LogP contribution in [0.1, 0.15) is 11.3 Å². The molecule has 0 fully saturated rings. The number of hydrogen-bond acceptors (Lipinski definition) is 2. The lowest BCUT2D eigenvalue weighted by Gasteiger charge is -2.06. The van der Waals surface area contributed by atoms with E-state index < -0.39 is 0 Å². The molecule has 1 heterocycles. The van der Waals surface area contributed by atoms with Gasteiger partial charge in [-0.25, -0.2) is 0 Å². The molecule has 0 spiro atoms. The number of fused-ring (bicyclic) bond motifs is 1. The second kappa shape index (κ2) is 6.25. The molecular formula is C22H18O2. The van der Waals surface area contributed by atoms with Gasteiger partial charge in [0.15, 0.2) is 0 Å². The van der Waals surface area contributed by atoms with Crippen LogP contribution in [-0.4, -0.2) is 7.11 Å². The van der Waals surface area contributed by atoms with Crippen molar-refractivity contribution in [2.45, 2.75) is 6.42 Å². The third kappa shape index (κ3) is 2.67. The van der Waals surface area contributed by atoms with Gasteiger partial charge in [-0.2, -0.15) is 0 Å². The molecule has 2 nitrogen and oxygen atoms in total. The fraction of sp³-hybridized carbons (Fsp3) is 0.0909. The SMILES string of the molecule is COc1ccc(-c2c(Cc3ccccc3)oc3ccccc23)cc1. The molecule has 3 aromatic carbocycles. The molecule has 0 saturated carbocycles. The van der Waals surface area contributed by atoms with Gasteiger partial charge in [-0.3, -0.25) is 0 Å². The van der Waals surface area contributed by atoms with Crippen LogP contribution in [-0.2, 0) is 6.42 Å². The molecule has 118 valence electrons. The molecule has 0 bridgehead atoms. The minimum atomic E-state index is 0.775. The molecule has 1 aromatic heterocycles. The van der Waals surface area contributed by atoms with Crippen molar-refractivity contribution in [3.8, 4) is 16.9 Å². The Morgan fingerprint density at radius 2 is 1.50 bits per heavy atom. The molecule has 2 heteroatoms. The van der Waals surface area contributed by atoms with Gasteiger partial charge in [0, 0.05) is 17.4 Å². The van der Waals surface area contributed by atoms with Crippen LogP contribution in [0.25, 0.3) is 22.1 Å². The fourth-order valence-electron chi connectivity index (χ4n) is 3.08. The highest BCUT2D eigenvalue weighted by atomic mass is 16.5. The molecule has 4 rings (SSSR count). The van der Waals surface area contributed by atoms with Crippen molar-refractivity contribution in [1.29, 1.82) is 0 Å². The molecule has 0 aliphatic carbocycles. The van der Waals surface area contributed by atoms with Crippen molar-refractivity contribution < 1.29 is 9.15 Å². The monoisotopic (exact) mass is 314 g/mol. The standard InChI is InChI=1S/C22H18O2/c1-23-18-13-11-17(12-14-18)22-19-9-5-6-10-20(19)24-21(22)15-16-7-3-2-4-8-16/h2-14H,15H2,1H3. The number of ether oxygens (including phenoxy) is 1. The zero-order valence-corrected chi connectivity index (χ0v) is 13.5. The molecule has 0 aliphatic rings. The second-order valence-corrected chi connectivity index (χ2v) is 5.79. The summed E-state index contributed by atoms with van der Waals surface area (Å²) in [5.41, 5.74) is 4.48. The third-order valence-electron chi connectivity index (χ3n) is 4.25. The first-order valence-electron chi connectivity index (χ1n) is 8.04. The van der Waals surface area contributed by atoms with Crippen molar-refractivity contribution >= 4 is 11.0 Å². The van der Waals surface area contributed by atoms with Crippen molar-refractivity contribution in [3.63, 3.8) is 0 Å². The molecule has 0 aliphatic heterocycles. The molecule has 0 amide bonds. The predicted octanol–water partition coefficient (Wildman–Crippen LogP) is 5.70. The highest BCUT2D eigenvalue weighted by molar-refractivity contribution is 5.95. The summed E-state index contributed by atoms with van der Waals surface area (Å²) in [6.07, 6.45) is 0.775. The van der Waals surface area contributed by atoms with Gasteiger partial charge in [0.2, 0.25) is 0 Å². The smallest absolute Gasteiger partial charge is 0.134 e. The summed E-state index contributed by atoms with van der Waals surface area (Å²) >= 11 is 0. The number of methoxy groups -OCH3 is 1. The summed E-state index contributed by atoms with van der Waals surface area (Å²) in [6.45, 7) is 0. The van der Waals surface area contributed by atoms with E-state index in [1.807, 2.05) is 30.3 Å². The van der Waals surface area contributed by atoms with Gasteiger partial charge in [0.25, 0.3) is 0 Å². The van der Waals surface area contributed by atoms with Gasteiger partial charge >= 0.3 is 0 Å². The minimum Gasteiger partial charge on any atom is -0.497 e. The normalized spacial score (nSPS) is 10.9. The Balaban J connectivity index is 1.86. The number of rotatable bonds is 4. The molecule has 0 radical (unpaired) electrons. The zero-order chi connectivity index (χ0) is 16.4. The van der Waals surface area contributed by atoms with Crippen molar-refractivity contribution in [2.24, 2.45) is 0 Å². The van der Waals surface area contributed by atoms with Crippen molar-refractivity contribution in [1.82, 2.24) is 0 Å². The first kappa shape index (κ1) is 14.6. The van der Waals surface area contributed by atoms with Crippen LogP contribution < -0.4 is 4.74 Å². The topological polar surface area (TPSA) is 22.4 Å². The Bertz CT molecular complexity index is 950. The summed E-state index contributed by atoms with van der Waals surface area (Å²) in [6, 6.07) is 26.8. The Hall–Kier alpha value is -3.00. The van der Waals surface area contributed by atoms with E-state index in [1.165, 1.54) is 5.56 Å². The van der Waals surface area contributed by atoms with Gasteiger partial charge in [-0.05, 0) is 29.3 Å². The summed E-state index contributed by atoms with van der Waals surface area (Å²) in [5.74, 6) is 1.85. The first-order chi connectivity index (χ1) is 11.8. The van der Waals surface area contributed by atoms with Crippen LogP contribution in [0.15, 0.2) is 83.3 Å². The Morgan fingerprint density at radius 1 is 0.792 bits per heavy atom. The van der Waals surface area contributed by atoms with Crippen LogP contribution in [0.3, 0.4) is 0 Å². The lowest BCUT2D eigenvalue weighted by Crippen LogP contribution is -1.89. The minimum absolute atomic E-state index is 0.775. The van der Waals surface area contributed by atoms with E-state index in [0.717, 1.165) is 40.0 Å².